The number of carbonyl (C=O) groups is 1. The molecule has 5 heteroatoms. The summed E-state index contributed by atoms with van der Waals surface area (Å²) in [5.74, 6) is -1.14. The third kappa shape index (κ3) is 2.33. The van der Waals surface area contributed by atoms with Crippen LogP contribution in [0.15, 0.2) is 24.3 Å². The van der Waals surface area contributed by atoms with Gasteiger partial charge in [0.05, 0.1) is 31.3 Å². The Morgan fingerprint density at radius 2 is 1.89 bits per heavy atom. The van der Waals surface area contributed by atoms with E-state index in [0.29, 0.717) is 25.2 Å². The summed E-state index contributed by atoms with van der Waals surface area (Å²) in [5.41, 5.74) is 1.43. The van der Waals surface area contributed by atoms with Crippen molar-refractivity contribution in [1.82, 2.24) is 0 Å². The lowest BCUT2D eigenvalue weighted by atomic mass is 9.95. The highest BCUT2D eigenvalue weighted by atomic mass is 16.7. The molecule has 1 unspecified atom stereocenters. The van der Waals surface area contributed by atoms with Crippen molar-refractivity contribution in [2.45, 2.75) is 24.7 Å². The highest BCUT2D eigenvalue weighted by Gasteiger charge is 2.46. The molecular weight excluding hydrogens is 246 g/mol. The molecule has 0 amide bonds. The van der Waals surface area contributed by atoms with Crippen LogP contribution in [0.4, 0.5) is 0 Å². The molecule has 2 fully saturated rings. The molecule has 1 atom stereocenters. The number of cyclic esters (lactones) is 1. The van der Waals surface area contributed by atoms with Crippen LogP contribution in [0.5, 0.6) is 0 Å². The zero-order chi connectivity index (χ0) is 13.3. The summed E-state index contributed by atoms with van der Waals surface area (Å²) in [6.45, 7) is 1.01. The molecule has 2 heterocycles. The van der Waals surface area contributed by atoms with Crippen LogP contribution >= 0.6 is 0 Å². The number of hydrogen-bond acceptors (Lipinski definition) is 5. The molecule has 2 aliphatic heterocycles. The Bertz CT molecular complexity index is 525. The average Bonchev–Trinajstić information content (AvgIpc) is 2.85. The zero-order valence-electron chi connectivity index (χ0n) is 10.3. The van der Waals surface area contributed by atoms with E-state index in [1.165, 1.54) is 0 Å². The summed E-state index contributed by atoms with van der Waals surface area (Å²) in [7, 11) is 0. The van der Waals surface area contributed by atoms with Gasteiger partial charge in [0.2, 0.25) is 0 Å². The van der Waals surface area contributed by atoms with E-state index in [-0.39, 0.29) is 18.5 Å². The number of benzene rings is 1. The Hall–Kier alpha value is -1.90. The van der Waals surface area contributed by atoms with Crippen LogP contribution in [0, 0.1) is 11.3 Å². The predicted molar refractivity (Wildman–Crippen MR) is 63.9 cm³/mol. The van der Waals surface area contributed by atoms with Crippen molar-refractivity contribution in [1.29, 1.82) is 5.26 Å². The van der Waals surface area contributed by atoms with Gasteiger partial charge in [0.25, 0.3) is 0 Å². The van der Waals surface area contributed by atoms with Crippen LogP contribution in [0.2, 0.25) is 0 Å². The number of hydrogen-bond donors (Lipinski definition) is 0. The fraction of sp³-hybridized carbons (Fsp3) is 0.429. The minimum atomic E-state index is -0.825. The lowest BCUT2D eigenvalue weighted by Crippen LogP contribution is -2.41. The number of esters is 1. The zero-order valence-corrected chi connectivity index (χ0v) is 10.3. The van der Waals surface area contributed by atoms with Gasteiger partial charge < -0.3 is 14.2 Å². The molecule has 0 aliphatic carbocycles. The number of nitrogens with zero attached hydrogens (tertiary/aromatic N) is 1. The molecule has 2 aliphatic rings. The second kappa shape index (κ2) is 4.65. The van der Waals surface area contributed by atoms with Crippen LogP contribution in [-0.4, -0.2) is 25.0 Å². The van der Waals surface area contributed by atoms with E-state index in [1.54, 1.807) is 24.3 Å². The SMILES string of the molecule is N#Cc1ccc(C2CC3(CC(=O)O2)OCCO3)cc1. The lowest BCUT2D eigenvalue weighted by molar-refractivity contribution is -0.221. The number of carbonyl (C=O) groups excluding carboxylic acids is 1. The first-order valence-electron chi connectivity index (χ1n) is 6.18. The predicted octanol–water partition coefficient (Wildman–Crippen LogP) is 1.68. The summed E-state index contributed by atoms with van der Waals surface area (Å²) in [4.78, 5) is 11.7. The van der Waals surface area contributed by atoms with E-state index in [0.717, 1.165) is 5.56 Å². The van der Waals surface area contributed by atoms with Gasteiger partial charge >= 0.3 is 5.97 Å². The molecule has 0 N–H and O–H groups in total. The van der Waals surface area contributed by atoms with E-state index >= 15 is 0 Å². The second-order valence-corrected chi connectivity index (χ2v) is 4.70. The van der Waals surface area contributed by atoms with Crippen molar-refractivity contribution in [2.75, 3.05) is 13.2 Å². The Labute approximate surface area is 110 Å². The topological polar surface area (TPSA) is 68.6 Å². The van der Waals surface area contributed by atoms with E-state index in [2.05, 4.69) is 6.07 Å². The standard InChI is InChI=1S/C14H13NO4/c15-9-10-1-3-11(4-2-10)12-7-14(8-13(16)19-12)17-5-6-18-14/h1-4,12H,5-8H2. The molecule has 98 valence electrons. The van der Waals surface area contributed by atoms with Gasteiger partial charge in [0, 0.05) is 6.42 Å². The molecule has 1 spiro atoms. The van der Waals surface area contributed by atoms with Gasteiger partial charge in [0.15, 0.2) is 5.79 Å². The van der Waals surface area contributed by atoms with Gasteiger partial charge in [-0.25, -0.2) is 0 Å². The fourth-order valence-corrected chi connectivity index (χ4v) is 2.49. The number of nitriles is 1. The van der Waals surface area contributed by atoms with Crippen molar-refractivity contribution >= 4 is 5.97 Å². The molecule has 0 bridgehead atoms. The summed E-state index contributed by atoms with van der Waals surface area (Å²) in [5, 5.41) is 8.77. The maximum atomic E-state index is 11.7. The van der Waals surface area contributed by atoms with Crippen LogP contribution in [-0.2, 0) is 19.0 Å². The van der Waals surface area contributed by atoms with Crippen molar-refractivity contribution in [3.05, 3.63) is 35.4 Å². The maximum absolute atomic E-state index is 11.7. The van der Waals surface area contributed by atoms with Crippen molar-refractivity contribution in [3.63, 3.8) is 0 Å². The van der Waals surface area contributed by atoms with E-state index in [4.69, 9.17) is 19.5 Å². The minimum Gasteiger partial charge on any atom is -0.457 e. The summed E-state index contributed by atoms with van der Waals surface area (Å²) in [6.07, 6.45) is 0.247. The molecule has 1 aromatic carbocycles. The monoisotopic (exact) mass is 259 g/mol. The van der Waals surface area contributed by atoms with E-state index in [9.17, 15) is 4.79 Å². The Morgan fingerprint density at radius 1 is 1.21 bits per heavy atom. The number of ether oxygens (including phenoxy) is 3. The normalized spacial score (nSPS) is 25.0. The Balaban J connectivity index is 1.83. The quantitative estimate of drug-likeness (QED) is 0.718. The Morgan fingerprint density at radius 3 is 2.53 bits per heavy atom. The van der Waals surface area contributed by atoms with Crippen molar-refractivity contribution in [3.8, 4) is 6.07 Å². The molecule has 2 saturated heterocycles. The first-order valence-corrected chi connectivity index (χ1v) is 6.18. The van der Waals surface area contributed by atoms with Crippen LogP contribution in [0.25, 0.3) is 0 Å². The summed E-state index contributed by atoms with van der Waals surface area (Å²) in [6, 6.07) is 9.07. The van der Waals surface area contributed by atoms with E-state index < -0.39 is 5.79 Å². The molecule has 3 rings (SSSR count). The molecular formula is C14H13NO4. The van der Waals surface area contributed by atoms with Gasteiger partial charge in [-0.05, 0) is 17.7 Å². The molecule has 19 heavy (non-hydrogen) atoms. The van der Waals surface area contributed by atoms with Crippen molar-refractivity contribution in [2.24, 2.45) is 0 Å². The second-order valence-electron chi connectivity index (χ2n) is 4.70. The van der Waals surface area contributed by atoms with Gasteiger partial charge in [-0.3, -0.25) is 4.79 Å². The number of rotatable bonds is 1. The van der Waals surface area contributed by atoms with E-state index in [1.807, 2.05) is 0 Å². The molecule has 5 nitrogen and oxygen atoms in total. The largest absolute Gasteiger partial charge is 0.457 e. The van der Waals surface area contributed by atoms with Crippen LogP contribution in [0.3, 0.4) is 0 Å². The van der Waals surface area contributed by atoms with Gasteiger partial charge in [-0.2, -0.15) is 5.26 Å². The highest BCUT2D eigenvalue weighted by molar-refractivity contribution is 5.71. The molecule has 1 aromatic rings. The minimum absolute atomic E-state index is 0.139. The first-order chi connectivity index (χ1) is 9.21. The van der Waals surface area contributed by atoms with Gasteiger partial charge in [-0.1, -0.05) is 12.1 Å². The molecule has 0 radical (unpaired) electrons. The smallest absolute Gasteiger partial charge is 0.311 e. The third-order valence-corrected chi connectivity index (χ3v) is 3.41. The lowest BCUT2D eigenvalue weighted by Gasteiger charge is -2.35. The first kappa shape index (κ1) is 12.2. The maximum Gasteiger partial charge on any atom is 0.311 e. The summed E-state index contributed by atoms with van der Waals surface area (Å²) >= 11 is 0. The molecule has 0 aromatic heterocycles. The van der Waals surface area contributed by atoms with Gasteiger partial charge in [0.1, 0.15) is 6.10 Å². The fourth-order valence-electron chi connectivity index (χ4n) is 2.49. The average molecular weight is 259 g/mol. The Kier molecular flexibility index (Phi) is 2.97. The molecule has 0 saturated carbocycles. The van der Waals surface area contributed by atoms with Crippen LogP contribution in [0.1, 0.15) is 30.1 Å². The van der Waals surface area contributed by atoms with Gasteiger partial charge in [-0.15, -0.1) is 0 Å². The highest BCUT2D eigenvalue weighted by Crippen LogP contribution is 2.40. The van der Waals surface area contributed by atoms with Crippen molar-refractivity contribution < 1.29 is 19.0 Å². The summed E-state index contributed by atoms with van der Waals surface area (Å²) < 4.78 is 16.5. The van der Waals surface area contributed by atoms with Crippen LogP contribution < -0.4 is 0 Å². The third-order valence-electron chi connectivity index (χ3n) is 3.41.